The molecule has 2 aromatic carbocycles. The average molecular weight is 270 g/mol. The van der Waals surface area contributed by atoms with Gasteiger partial charge in [0.05, 0.1) is 6.07 Å². The van der Waals surface area contributed by atoms with Crippen molar-refractivity contribution in [1.29, 1.82) is 5.26 Å². The number of nitrogens with one attached hydrogen (secondary N) is 1. The van der Waals surface area contributed by atoms with Crippen molar-refractivity contribution in [2.75, 3.05) is 0 Å². The summed E-state index contributed by atoms with van der Waals surface area (Å²) in [7, 11) is 0. The summed E-state index contributed by atoms with van der Waals surface area (Å²) in [5, 5.41) is 12.6. The second-order valence-corrected chi connectivity index (χ2v) is 4.58. The first kappa shape index (κ1) is 14.0. The van der Waals surface area contributed by atoms with Gasteiger partial charge in [-0.2, -0.15) is 5.26 Å². The maximum absolute atomic E-state index is 13.7. The van der Waals surface area contributed by atoms with Gasteiger partial charge in [0.15, 0.2) is 0 Å². The molecule has 0 spiro atoms. The van der Waals surface area contributed by atoms with Crippen LogP contribution in [0.1, 0.15) is 30.1 Å². The molecule has 0 saturated carbocycles. The number of carbonyl (C=O) groups excluding carboxylic acids is 1. The molecule has 0 aliphatic rings. The highest BCUT2D eigenvalue weighted by molar-refractivity contribution is 6.07. The summed E-state index contributed by atoms with van der Waals surface area (Å²) in [5.74, 6) is -0.705. The number of nitriles is 1. The van der Waals surface area contributed by atoms with Crippen LogP contribution in [0.2, 0.25) is 0 Å². The largest absolute Gasteiger partial charge is 0.336 e. The standard InChI is InChI=1S/C16H15FN2O/c1-2-5-11(10-18)19-16(20)14-8-9-15(17)13-7-4-3-6-12(13)14/h3-4,6-9,11H,2,5H2,1H3,(H,19,20). The van der Waals surface area contributed by atoms with E-state index in [0.717, 1.165) is 6.42 Å². The number of nitrogens with zero attached hydrogens (tertiary/aromatic N) is 1. The third kappa shape index (κ3) is 2.77. The molecule has 0 heterocycles. The van der Waals surface area contributed by atoms with Gasteiger partial charge in [0.1, 0.15) is 11.9 Å². The fourth-order valence-electron chi connectivity index (χ4n) is 2.15. The lowest BCUT2D eigenvalue weighted by molar-refractivity contribution is 0.0945. The molecule has 20 heavy (non-hydrogen) atoms. The Labute approximate surface area is 117 Å². The van der Waals surface area contributed by atoms with Gasteiger partial charge in [0, 0.05) is 10.9 Å². The van der Waals surface area contributed by atoms with Gasteiger partial charge in [-0.15, -0.1) is 0 Å². The lowest BCUT2D eigenvalue weighted by Gasteiger charge is -2.12. The minimum Gasteiger partial charge on any atom is -0.336 e. The molecule has 2 aromatic rings. The van der Waals surface area contributed by atoms with Crippen LogP contribution in [0, 0.1) is 17.1 Å². The predicted octanol–water partition coefficient (Wildman–Crippen LogP) is 3.40. The number of carbonyl (C=O) groups is 1. The van der Waals surface area contributed by atoms with Crippen molar-refractivity contribution in [3.63, 3.8) is 0 Å². The van der Waals surface area contributed by atoms with Crippen molar-refractivity contribution >= 4 is 16.7 Å². The van der Waals surface area contributed by atoms with Crippen LogP contribution >= 0.6 is 0 Å². The van der Waals surface area contributed by atoms with E-state index >= 15 is 0 Å². The highest BCUT2D eigenvalue weighted by Gasteiger charge is 2.15. The Morgan fingerprint density at radius 3 is 2.65 bits per heavy atom. The summed E-state index contributed by atoms with van der Waals surface area (Å²) >= 11 is 0. The summed E-state index contributed by atoms with van der Waals surface area (Å²) in [6.45, 7) is 1.95. The van der Waals surface area contributed by atoms with Gasteiger partial charge in [-0.05, 0) is 23.9 Å². The third-order valence-corrected chi connectivity index (χ3v) is 3.15. The lowest BCUT2D eigenvalue weighted by atomic mass is 10.0. The molecule has 4 heteroatoms. The first-order valence-electron chi connectivity index (χ1n) is 6.55. The van der Waals surface area contributed by atoms with Crippen LogP contribution in [0.15, 0.2) is 36.4 Å². The molecular weight excluding hydrogens is 255 g/mol. The molecule has 3 nitrogen and oxygen atoms in total. The maximum atomic E-state index is 13.7. The number of amides is 1. The maximum Gasteiger partial charge on any atom is 0.252 e. The van der Waals surface area contributed by atoms with Gasteiger partial charge in [0.25, 0.3) is 5.91 Å². The van der Waals surface area contributed by atoms with E-state index in [1.54, 1.807) is 24.3 Å². The van der Waals surface area contributed by atoms with Crippen LogP contribution in [0.4, 0.5) is 4.39 Å². The highest BCUT2D eigenvalue weighted by atomic mass is 19.1. The third-order valence-electron chi connectivity index (χ3n) is 3.15. The first-order chi connectivity index (χ1) is 9.67. The molecule has 1 N–H and O–H groups in total. The number of hydrogen-bond acceptors (Lipinski definition) is 2. The van der Waals surface area contributed by atoms with E-state index < -0.39 is 6.04 Å². The number of hydrogen-bond donors (Lipinski definition) is 1. The number of fused-ring (bicyclic) bond motifs is 1. The van der Waals surface area contributed by atoms with E-state index in [2.05, 4.69) is 11.4 Å². The molecule has 0 fully saturated rings. The fraction of sp³-hybridized carbons (Fsp3) is 0.250. The number of benzene rings is 2. The minimum atomic E-state index is -0.517. The fourth-order valence-corrected chi connectivity index (χ4v) is 2.15. The predicted molar refractivity (Wildman–Crippen MR) is 75.7 cm³/mol. The molecule has 0 bridgehead atoms. The van der Waals surface area contributed by atoms with Crippen molar-refractivity contribution in [2.45, 2.75) is 25.8 Å². The zero-order valence-electron chi connectivity index (χ0n) is 11.2. The van der Waals surface area contributed by atoms with Gasteiger partial charge in [0.2, 0.25) is 0 Å². The molecule has 1 atom stereocenters. The number of rotatable bonds is 4. The van der Waals surface area contributed by atoms with Gasteiger partial charge in [-0.25, -0.2) is 4.39 Å². The Morgan fingerprint density at radius 1 is 1.30 bits per heavy atom. The Morgan fingerprint density at radius 2 is 2.00 bits per heavy atom. The summed E-state index contributed by atoms with van der Waals surface area (Å²) in [5.41, 5.74) is 0.387. The summed E-state index contributed by atoms with van der Waals surface area (Å²) < 4.78 is 13.7. The normalized spacial score (nSPS) is 11.8. The van der Waals surface area contributed by atoms with Gasteiger partial charge < -0.3 is 5.32 Å². The summed E-state index contributed by atoms with van der Waals surface area (Å²) in [6.07, 6.45) is 1.41. The summed E-state index contributed by atoms with van der Waals surface area (Å²) in [6, 6.07) is 11.1. The van der Waals surface area contributed by atoms with Gasteiger partial charge >= 0.3 is 0 Å². The second kappa shape index (κ2) is 6.16. The topological polar surface area (TPSA) is 52.9 Å². The number of halogens is 1. The Kier molecular flexibility index (Phi) is 4.31. The molecule has 0 radical (unpaired) electrons. The van der Waals surface area contributed by atoms with Crippen molar-refractivity contribution in [2.24, 2.45) is 0 Å². The summed E-state index contributed by atoms with van der Waals surface area (Å²) in [4.78, 5) is 12.2. The highest BCUT2D eigenvalue weighted by Crippen LogP contribution is 2.21. The van der Waals surface area contributed by atoms with Gasteiger partial charge in [-0.3, -0.25) is 4.79 Å². The van der Waals surface area contributed by atoms with Crippen molar-refractivity contribution < 1.29 is 9.18 Å². The van der Waals surface area contributed by atoms with Crippen molar-refractivity contribution in [3.05, 3.63) is 47.8 Å². The van der Waals surface area contributed by atoms with E-state index in [1.165, 1.54) is 12.1 Å². The van der Waals surface area contributed by atoms with Gasteiger partial charge in [-0.1, -0.05) is 37.6 Å². The monoisotopic (exact) mass is 270 g/mol. The molecule has 102 valence electrons. The molecule has 0 aliphatic heterocycles. The Hall–Kier alpha value is -2.41. The molecule has 2 rings (SSSR count). The Balaban J connectivity index is 2.36. The lowest BCUT2D eigenvalue weighted by Crippen LogP contribution is -2.33. The van der Waals surface area contributed by atoms with Crippen LogP contribution in [0.25, 0.3) is 10.8 Å². The molecule has 0 aliphatic carbocycles. The van der Waals surface area contributed by atoms with E-state index in [-0.39, 0.29) is 11.7 Å². The zero-order chi connectivity index (χ0) is 14.5. The SMILES string of the molecule is CCCC(C#N)NC(=O)c1ccc(F)c2ccccc12. The molecule has 0 saturated heterocycles. The van der Waals surface area contributed by atoms with Crippen LogP contribution in [-0.4, -0.2) is 11.9 Å². The smallest absolute Gasteiger partial charge is 0.252 e. The molecule has 1 unspecified atom stereocenters. The molecule has 1 amide bonds. The minimum absolute atomic E-state index is 0.346. The van der Waals surface area contributed by atoms with E-state index in [0.29, 0.717) is 22.8 Å². The molecular formula is C16H15FN2O. The first-order valence-corrected chi connectivity index (χ1v) is 6.55. The van der Waals surface area contributed by atoms with E-state index in [4.69, 9.17) is 5.26 Å². The van der Waals surface area contributed by atoms with Crippen molar-refractivity contribution in [1.82, 2.24) is 5.32 Å². The van der Waals surface area contributed by atoms with E-state index in [1.807, 2.05) is 6.92 Å². The molecule has 0 aromatic heterocycles. The van der Waals surface area contributed by atoms with Crippen molar-refractivity contribution in [3.8, 4) is 6.07 Å². The van der Waals surface area contributed by atoms with Crippen LogP contribution in [-0.2, 0) is 0 Å². The van der Waals surface area contributed by atoms with Crippen LogP contribution in [0.5, 0.6) is 0 Å². The quantitative estimate of drug-likeness (QED) is 0.925. The van der Waals surface area contributed by atoms with Crippen LogP contribution in [0.3, 0.4) is 0 Å². The Bertz CT molecular complexity index is 676. The van der Waals surface area contributed by atoms with E-state index in [9.17, 15) is 9.18 Å². The zero-order valence-corrected chi connectivity index (χ0v) is 11.2. The average Bonchev–Trinajstić information content (AvgIpc) is 2.47. The second-order valence-electron chi connectivity index (χ2n) is 4.58. The van der Waals surface area contributed by atoms with Crippen LogP contribution < -0.4 is 5.32 Å².